The number of benzene rings is 1. The summed E-state index contributed by atoms with van der Waals surface area (Å²) < 4.78 is 5.65. The van der Waals surface area contributed by atoms with Crippen molar-refractivity contribution in [1.29, 1.82) is 0 Å². The molecule has 0 N–H and O–H groups in total. The van der Waals surface area contributed by atoms with Crippen LogP contribution >= 0.6 is 11.6 Å². The summed E-state index contributed by atoms with van der Waals surface area (Å²) >= 11 is 5.97. The molecule has 0 fully saturated rings. The summed E-state index contributed by atoms with van der Waals surface area (Å²) in [5, 5.41) is 11.2. The molecular formula is C13H12ClN3O3. The number of hydrogen-bond donors (Lipinski definition) is 0. The van der Waals surface area contributed by atoms with Gasteiger partial charge in [0, 0.05) is 11.6 Å². The van der Waals surface area contributed by atoms with E-state index in [1.165, 1.54) is 6.07 Å². The lowest BCUT2D eigenvalue weighted by molar-refractivity contribution is -0.385. The zero-order chi connectivity index (χ0) is 14.9. The van der Waals surface area contributed by atoms with E-state index in [4.69, 9.17) is 16.3 Å². The molecule has 0 amide bonds. The summed E-state index contributed by atoms with van der Waals surface area (Å²) in [6.07, 6.45) is 0. The molecule has 1 heterocycles. The van der Waals surface area contributed by atoms with E-state index >= 15 is 0 Å². The standard InChI is InChI=1S/C13H12ClN3O3/c1-7-10(17(18)19)5-4-6-11(7)20-13-8(2)12(14)15-9(3)16-13/h4-6H,1-3H3. The number of nitro groups is 1. The Kier molecular flexibility index (Phi) is 3.85. The average Bonchev–Trinajstić information content (AvgIpc) is 2.37. The molecule has 0 aliphatic rings. The molecule has 6 nitrogen and oxygen atoms in total. The Hall–Kier alpha value is -2.21. The Labute approximate surface area is 120 Å². The maximum Gasteiger partial charge on any atom is 0.276 e. The zero-order valence-electron chi connectivity index (χ0n) is 11.2. The smallest absolute Gasteiger partial charge is 0.276 e. The van der Waals surface area contributed by atoms with Gasteiger partial charge in [-0.05, 0) is 26.8 Å². The highest BCUT2D eigenvalue weighted by Gasteiger charge is 2.17. The van der Waals surface area contributed by atoms with E-state index < -0.39 is 4.92 Å². The van der Waals surface area contributed by atoms with Crippen LogP contribution in [0.2, 0.25) is 5.15 Å². The molecule has 104 valence electrons. The average molecular weight is 294 g/mol. The number of ether oxygens (including phenoxy) is 1. The molecule has 1 aromatic heterocycles. The van der Waals surface area contributed by atoms with Crippen LogP contribution in [0.25, 0.3) is 0 Å². The van der Waals surface area contributed by atoms with Crippen LogP contribution in [0.15, 0.2) is 18.2 Å². The number of hydrogen-bond acceptors (Lipinski definition) is 5. The molecule has 20 heavy (non-hydrogen) atoms. The predicted octanol–water partition coefficient (Wildman–Crippen LogP) is 3.76. The largest absolute Gasteiger partial charge is 0.438 e. The molecule has 0 atom stereocenters. The van der Waals surface area contributed by atoms with Crippen LogP contribution in [0.1, 0.15) is 17.0 Å². The molecule has 0 radical (unpaired) electrons. The van der Waals surface area contributed by atoms with Gasteiger partial charge >= 0.3 is 0 Å². The lowest BCUT2D eigenvalue weighted by Crippen LogP contribution is -2.00. The minimum Gasteiger partial charge on any atom is -0.438 e. The molecule has 2 aromatic rings. The third-order valence-electron chi connectivity index (χ3n) is 2.81. The second-order valence-electron chi connectivity index (χ2n) is 4.25. The molecule has 0 saturated carbocycles. The van der Waals surface area contributed by atoms with E-state index in [1.807, 2.05) is 0 Å². The molecular weight excluding hydrogens is 282 g/mol. The topological polar surface area (TPSA) is 78.2 Å². The highest BCUT2D eigenvalue weighted by Crippen LogP contribution is 2.32. The predicted molar refractivity (Wildman–Crippen MR) is 74.4 cm³/mol. The second kappa shape index (κ2) is 5.42. The van der Waals surface area contributed by atoms with Crippen molar-refractivity contribution < 1.29 is 9.66 Å². The highest BCUT2D eigenvalue weighted by molar-refractivity contribution is 6.30. The van der Waals surface area contributed by atoms with E-state index in [0.717, 1.165) is 0 Å². The van der Waals surface area contributed by atoms with Gasteiger partial charge in [0.1, 0.15) is 16.7 Å². The van der Waals surface area contributed by atoms with Gasteiger partial charge in [0.15, 0.2) is 0 Å². The number of rotatable bonds is 3. The van der Waals surface area contributed by atoms with E-state index in [0.29, 0.717) is 33.7 Å². The number of halogens is 1. The van der Waals surface area contributed by atoms with Gasteiger partial charge in [0.2, 0.25) is 5.88 Å². The van der Waals surface area contributed by atoms with Crippen LogP contribution < -0.4 is 4.74 Å². The van der Waals surface area contributed by atoms with Crippen molar-refractivity contribution in [2.75, 3.05) is 0 Å². The summed E-state index contributed by atoms with van der Waals surface area (Å²) in [6.45, 7) is 5.04. The molecule has 0 bridgehead atoms. The molecule has 7 heteroatoms. The molecule has 1 aromatic carbocycles. The van der Waals surface area contributed by atoms with Gasteiger partial charge < -0.3 is 4.74 Å². The first-order valence-corrected chi connectivity index (χ1v) is 6.20. The summed E-state index contributed by atoms with van der Waals surface area (Å²) in [5.74, 6) is 1.14. The van der Waals surface area contributed by atoms with E-state index in [2.05, 4.69) is 9.97 Å². The normalized spacial score (nSPS) is 10.4. The van der Waals surface area contributed by atoms with Crippen LogP contribution in [0.5, 0.6) is 11.6 Å². The van der Waals surface area contributed by atoms with Crippen LogP contribution in [0, 0.1) is 30.9 Å². The maximum atomic E-state index is 10.9. The van der Waals surface area contributed by atoms with E-state index in [9.17, 15) is 10.1 Å². The Morgan fingerprint density at radius 2 is 1.90 bits per heavy atom. The van der Waals surface area contributed by atoms with Gasteiger partial charge in [-0.1, -0.05) is 17.7 Å². The third-order valence-corrected chi connectivity index (χ3v) is 3.18. The minimum absolute atomic E-state index is 0.00275. The van der Waals surface area contributed by atoms with Crippen LogP contribution in [0.3, 0.4) is 0 Å². The fourth-order valence-electron chi connectivity index (χ4n) is 1.68. The minimum atomic E-state index is -0.451. The van der Waals surface area contributed by atoms with E-state index in [-0.39, 0.29) is 5.69 Å². The molecule has 0 unspecified atom stereocenters. The number of aryl methyl sites for hydroxylation is 1. The molecule has 0 aliphatic heterocycles. The van der Waals surface area contributed by atoms with Gasteiger partial charge in [0.25, 0.3) is 5.69 Å². The third kappa shape index (κ3) is 2.70. The Balaban J connectivity index is 2.46. The van der Waals surface area contributed by atoms with Crippen LogP contribution in [-0.2, 0) is 0 Å². The quantitative estimate of drug-likeness (QED) is 0.489. The first-order chi connectivity index (χ1) is 9.40. The van der Waals surface area contributed by atoms with Gasteiger partial charge in [-0.25, -0.2) is 4.98 Å². The lowest BCUT2D eigenvalue weighted by atomic mass is 10.2. The van der Waals surface area contributed by atoms with Crippen molar-refractivity contribution >= 4 is 17.3 Å². The number of nitrogens with zero attached hydrogens (tertiary/aromatic N) is 3. The molecule has 2 rings (SSSR count). The first kappa shape index (κ1) is 14.2. The Morgan fingerprint density at radius 3 is 2.55 bits per heavy atom. The van der Waals surface area contributed by atoms with Crippen molar-refractivity contribution in [2.24, 2.45) is 0 Å². The van der Waals surface area contributed by atoms with Crippen molar-refractivity contribution in [3.8, 4) is 11.6 Å². The summed E-state index contributed by atoms with van der Waals surface area (Å²) in [7, 11) is 0. The van der Waals surface area contributed by atoms with Crippen LogP contribution in [0.4, 0.5) is 5.69 Å². The Bertz CT molecular complexity index is 689. The zero-order valence-corrected chi connectivity index (χ0v) is 11.9. The summed E-state index contributed by atoms with van der Waals surface area (Å²) in [5.41, 5.74) is 1.02. The molecule has 0 aliphatic carbocycles. The van der Waals surface area contributed by atoms with E-state index in [1.54, 1.807) is 32.9 Å². The van der Waals surface area contributed by atoms with Gasteiger partial charge in [0.05, 0.1) is 10.5 Å². The fraction of sp³-hybridized carbons (Fsp3) is 0.231. The lowest BCUT2D eigenvalue weighted by Gasteiger charge is -2.11. The van der Waals surface area contributed by atoms with Crippen molar-refractivity contribution in [1.82, 2.24) is 9.97 Å². The van der Waals surface area contributed by atoms with Crippen molar-refractivity contribution in [3.63, 3.8) is 0 Å². The van der Waals surface area contributed by atoms with Gasteiger partial charge in [-0.15, -0.1) is 0 Å². The summed E-state index contributed by atoms with van der Waals surface area (Å²) in [4.78, 5) is 18.6. The number of aromatic nitrogens is 2. The highest BCUT2D eigenvalue weighted by atomic mass is 35.5. The van der Waals surface area contributed by atoms with Crippen molar-refractivity contribution in [2.45, 2.75) is 20.8 Å². The molecule has 0 saturated heterocycles. The molecule has 0 spiro atoms. The number of nitro benzene ring substituents is 1. The monoisotopic (exact) mass is 293 g/mol. The van der Waals surface area contributed by atoms with Crippen molar-refractivity contribution in [3.05, 3.63) is 50.4 Å². The fourth-order valence-corrected chi connectivity index (χ4v) is 1.89. The first-order valence-electron chi connectivity index (χ1n) is 5.82. The Morgan fingerprint density at radius 1 is 1.20 bits per heavy atom. The van der Waals surface area contributed by atoms with Crippen LogP contribution in [-0.4, -0.2) is 14.9 Å². The van der Waals surface area contributed by atoms with Gasteiger partial charge in [-0.2, -0.15) is 4.98 Å². The maximum absolute atomic E-state index is 10.9. The SMILES string of the molecule is Cc1nc(Cl)c(C)c(Oc2cccc([N+](=O)[O-])c2C)n1. The second-order valence-corrected chi connectivity index (χ2v) is 4.61. The van der Waals surface area contributed by atoms with Gasteiger partial charge in [-0.3, -0.25) is 10.1 Å². The summed E-state index contributed by atoms with van der Waals surface area (Å²) in [6, 6.07) is 4.63.